The van der Waals surface area contributed by atoms with Gasteiger partial charge in [0.25, 0.3) is 0 Å². The first-order chi connectivity index (χ1) is 10.0. The fourth-order valence-electron chi connectivity index (χ4n) is 2.80. The first-order valence-electron chi connectivity index (χ1n) is 7.32. The van der Waals surface area contributed by atoms with Crippen molar-refractivity contribution in [1.29, 1.82) is 0 Å². The molecule has 1 N–H and O–H groups in total. The van der Waals surface area contributed by atoms with E-state index in [0.29, 0.717) is 18.5 Å². The van der Waals surface area contributed by atoms with Gasteiger partial charge in [-0.25, -0.2) is 4.39 Å². The molecule has 0 aliphatic carbocycles. The molecule has 1 aliphatic heterocycles. The molecule has 1 aromatic rings. The first kappa shape index (κ1) is 15.8. The van der Waals surface area contributed by atoms with E-state index in [4.69, 9.17) is 4.74 Å². The Bertz CT molecular complexity index is 507. The Morgan fingerprint density at radius 1 is 1.52 bits per heavy atom. The first-order valence-corrected chi connectivity index (χ1v) is 7.32. The highest BCUT2D eigenvalue weighted by molar-refractivity contribution is 5.73. The lowest BCUT2D eigenvalue weighted by molar-refractivity contribution is -0.130. The third-order valence-electron chi connectivity index (χ3n) is 4.14. The maximum Gasteiger partial charge on any atom is 0.219 e. The van der Waals surface area contributed by atoms with Gasteiger partial charge >= 0.3 is 0 Å². The van der Waals surface area contributed by atoms with Gasteiger partial charge in [0.2, 0.25) is 5.91 Å². The average Bonchev–Trinajstić information content (AvgIpc) is 2.46. The van der Waals surface area contributed by atoms with Crippen LogP contribution in [-0.4, -0.2) is 37.0 Å². The lowest BCUT2D eigenvalue weighted by atomic mass is 9.93. The lowest BCUT2D eigenvalue weighted by Crippen LogP contribution is -2.49. The highest BCUT2D eigenvalue weighted by Gasteiger charge is 2.26. The number of ether oxygens (including phenoxy) is 1. The third kappa shape index (κ3) is 3.94. The van der Waals surface area contributed by atoms with Gasteiger partial charge in [0.1, 0.15) is 0 Å². The van der Waals surface area contributed by atoms with E-state index in [0.717, 1.165) is 25.1 Å². The van der Waals surface area contributed by atoms with Crippen LogP contribution in [0, 0.1) is 11.7 Å². The van der Waals surface area contributed by atoms with Crippen molar-refractivity contribution in [3.8, 4) is 5.75 Å². The van der Waals surface area contributed by atoms with Gasteiger partial charge in [-0.3, -0.25) is 4.79 Å². The highest BCUT2D eigenvalue weighted by atomic mass is 19.1. The van der Waals surface area contributed by atoms with Gasteiger partial charge in [-0.15, -0.1) is 0 Å². The smallest absolute Gasteiger partial charge is 0.219 e. The molecular weight excluding hydrogens is 271 g/mol. The van der Waals surface area contributed by atoms with Gasteiger partial charge < -0.3 is 15.0 Å². The van der Waals surface area contributed by atoms with Crippen molar-refractivity contribution in [2.45, 2.75) is 32.9 Å². The van der Waals surface area contributed by atoms with Crippen molar-refractivity contribution >= 4 is 5.91 Å². The maximum atomic E-state index is 13.6. The van der Waals surface area contributed by atoms with Crippen LogP contribution in [0.5, 0.6) is 5.75 Å². The number of halogens is 1. The Balaban J connectivity index is 1.89. The SMILES string of the molecule is COc1ccc(CNC2CCN(C(C)=O)CC2C)cc1F. The number of carbonyl (C=O) groups is 1. The summed E-state index contributed by atoms with van der Waals surface area (Å²) in [7, 11) is 1.46. The van der Waals surface area contributed by atoms with E-state index in [9.17, 15) is 9.18 Å². The number of carbonyl (C=O) groups excluding carboxylic acids is 1. The molecule has 1 aliphatic rings. The molecule has 4 nitrogen and oxygen atoms in total. The predicted molar refractivity (Wildman–Crippen MR) is 79.6 cm³/mol. The Morgan fingerprint density at radius 2 is 2.29 bits per heavy atom. The summed E-state index contributed by atoms with van der Waals surface area (Å²) in [5.41, 5.74) is 0.898. The molecule has 116 valence electrons. The van der Waals surface area contributed by atoms with E-state index < -0.39 is 0 Å². The molecular formula is C16H23FN2O2. The fourth-order valence-corrected chi connectivity index (χ4v) is 2.80. The summed E-state index contributed by atoms with van der Waals surface area (Å²) in [4.78, 5) is 13.3. The van der Waals surface area contributed by atoms with E-state index in [1.165, 1.54) is 13.2 Å². The topological polar surface area (TPSA) is 41.6 Å². The maximum absolute atomic E-state index is 13.6. The second-order valence-electron chi connectivity index (χ2n) is 5.69. The molecule has 2 rings (SSSR count). The van der Waals surface area contributed by atoms with Gasteiger partial charge in [0.05, 0.1) is 7.11 Å². The Morgan fingerprint density at radius 3 is 2.86 bits per heavy atom. The van der Waals surface area contributed by atoms with Gasteiger partial charge in [0.15, 0.2) is 11.6 Å². The summed E-state index contributed by atoms with van der Waals surface area (Å²) in [6.45, 7) is 5.94. The number of amides is 1. The van der Waals surface area contributed by atoms with Gasteiger partial charge in [-0.05, 0) is 30.0 Å². The third-order valence-corrected chi connectivity index (χ3v) is 4.14. The van der Waals surface area contributed by atoms with Crippen molar-refractivity contribution in [3.63, 3.8) is 0 Å². The van der Waals surface area contributed by atoms with Crippen LogP contribution in [0.4, 0.5) is 4.39 Å². The van der Waals surface area contributed by atoms with Crippen LogP contribution in [0.2, 0.25) is 0 Å². The minimum Gasteiger partial charge on any atom is -0.494 e. The molecule has 2 atom stereocenters. The quantitative estimate of drug-likeness (QED) is 0.925. The number of nitrogens with zero attached hydrogens (tertiary/aromatic N) is 1. The van der Waals surface area contributed by atoms with E-state index in [1.54, 1.807) is 13.0 Å². The van der Waals surface area contributed by atoms with Gasteiger partial charge in [0, 0.05) is 32.6 Å². The second-order valence-corrected chi connectivity index (χ2v) is 5.69. The molecule has 5 heteroatoms. The predicted octanol–water partition coefficient (Wildman–Crippen LogP) is 2.18. The number of nitrogens with one attached hydrogen (secondary N) is 1. The number of hydrogen-bond donors (Lipinski definition) is 1. The van der Waals surface area contributed by atoms with Crippen LogP contribution in [0.15, 0.2) is 18.2 Å². The number of hydrogen-bond acceptors (Lipinski definition) is 3. The second kappa shape index (κ2) is 6.89. The van der Waals surface area contributed by atoms with Crippen LogP contribution in [0.25, 0.3) is 0 Å². The summed E-state index contributed by atoms with van der Waals surface area (Å²) in [5.74, 6) is 0.460. The summed E-state index contributed by atoms with van der Waals surface area (Å²) in [6, 6.07) is 5.37. The van der Waals surface area contributed by atoms with Gasteiger partial charge in [-0.2, -0.15) is 0 Å². The summed E-state index contributed by atoms with van der Waals surface area (Å²) < 4.78 is 18.5. The van der Waals surface area contributed by atoms with E-state index >= 15 is 0 Å². The Kier molecular flexibility index (Phi) is 5.17. The summed E-state index contributed by atoms with van der Waals surface area (Å²) in [6.07, 6.45) is 0.930. The summed E-state index contributed by atoms with van der Waals surface area (Å²) >= 11 is 0. The van der Waals surface area contributed by atoms with Crippen molar-refractivity contribution < 1.29 is 13.9 Å². The zero-order valence-electron chi connectivity index (χ0n) is 12.9. The normalized spacial score (nSPS) is 22.2. The molecule has 1 heterocycles. The highest BCUT2D eigenvalue weighted by Crippen LogP contribution is 2.20. The molecule has 0 saturated carbocycles. The molecule has 21 heavy (non-hydrogen) atoms. The molecule has 1 saturated heterocycles. The Hall–Kier alpha value is -1.62. The average molecular weight is 294 g/mol. The van der Waals surface area contributed by atoms with E-state index in [-0.39, 0.29) is 17.5 Å². The van der Waals surface area contributed by atoms with Crippen LogP contribution >= 0.6 is 0 Å². The largest absolute Gasteiger partial charge is 0.494 e. The number of rotatable bonds is 4. The molecule has 0 radical (unpaired) electrons. The van der Waals surface area contributed by atoms with Crippen molar-refractivity contribution in [2.24, 2.45) is 5.92 Å². The van der Waals surface area contributed by atoms with E-state index in [2.05, 4.69) is 12.2 Å². The minimum atomic E-state index is -0.337. The summed E-state index contributed by atoms with van der Waals surface area (Å²) in [5, 5.41) is 3.47. The van der Waals surface area contributed by atoms with Gasteiger partial charge in [-0.1, -0.05) is 13.0 Å². The van der Waals surface area contributed by atoms with Crippen molar-refractivity contribution in [1.82, 2.24) is 10.2 Å². The molecule has 1 amide bonds. The number of piperidine rings is 1. The molecule has 1 aromatic carbocycles. The Labute approximate surface area is 125 Å². The molecule has 1 fully saturated rings. The zero-order chi connectivity index (χ0) is 15.4. The zero-order valence-corrected chi connectivity index (χ0v) is 12.9. The monoisotopic (exact) mass is 294 g/mol. The van der Waals surface area contributed by atoms with Crippen molar-refractivity contribution in [3.05, 3.63) is 29.6 Å². The van der Waals surface area contributed by atoms with Crippen LogP contribution in [-0.2, 0) is 11.3 Å². The number of benzene rings is 1. The fraction of sp³-hybridized carbons (Fsp3) is 0.562. The molecule has 2 unspecified atom stereocenters. The molecule has 0 bridgehead atoms. The van der Waals surface area contributed by atoms with Crippen molar-refractivity contribution in [2.75, 3.05) is 20.2 Å². The molecule has 0 aromatic heterocycles. The van der Waals surface area contributed by atoms with Crippen LogP contribution < -0.4 is 10.1 Å². The van der Waals surface area contributed by atoms with Crippen LogP contribution in [0.1, 0.15) is 25.8 Å². The lowest BCUT2D eigenvalue weighted by Gasteiger charge is -2.37. The standard InChI is InChI=1S/C16H23FN2O2/c1-11-10-19(12(2)20)7-6-15(11)18-9-13-4-5-16(21-3)14(17)8-13/h4-5,8,11,15,18H,6-7,9-10H2,1-3H3. The number of likely N-dealkylation sites (tertiary alicyclic amines) is 1. The molecule has 0 spiro atoms. The van der Waals surface area contributed by atoms with E-state index in [1.807, 2.05) is 11.0 Å². The number of methoxy groups -OCH3 is 1. The van der Waals surface area contributed by atoms with Crippen LogP contribution in [0.3, 0.4) is 0 Å². The minimum absolute atomic E-state index is 0.137.